The Morgan fingerprint density at radius 3 is 2.20 bits per heavy atom. The molecule has 0 aliphatic carbocycles. The van der Waals surface area contributed by atoms with E-state index >= 15 is 0 Å². The molecule has 8 heteroatoms. The van der Waals surface area contributed by atoms with Gasteiger partial charge in [0.15, 0.2) is 0 Å². The highest BCUT2D eigenvalue weighted by Gasteiger charge is 2.39. The zero-order valence-electron chi connectivity index (χ0n) is 10.1. The lowest BCUT2D eigenvalue weighted by atomic mass is 10.0. The van der Waals surface area contributed by atoms with Crippen LogP contribution in [0.4, 0.5) is 17.6 Å². The Kier molecular flexibility index (Phi) is 5.06. The molecular weight excluding hydrogens is 282 g/mol. The third kappa shape index (κ3) is 5.25. The smallest absolute Gasteiger partial charge is 0.471 e. The SMILES string of the molecule is O=C(O)C[C@H](Cc1ccc(F)cc1)NC(=O)C(F)(F)F. The van der Waals surface area contributed by atoms with Crippen LogP contribution in [0, 0.1) is 5.82 Å². The Morgan fingerprint density at radius 2 is 1.75 bits per heavy atom. The number of rotatable bonds is 5. The van der Waals surface area contributed by atoms with Crippen molar-refractivity contribution >= 4 is 11.9 Å². The van der Waals surface area contributed by atoms with Gasteiger partial charge in [0.1, 0.15) is 5.82 Å². The number of carboxylic acid groups (broad SMARTS) is 1. The van der Waals surface area contributed by atoms with Gasteiger partial charge in [0.2, 0.25) is 0 Å². The number of hydrogen-bond donors (Lipinski definition) is 2. The molecule has 0 heterocycles. The number of amides is 1. The zero-order valence-corrected chi connectivity index (χ0v) is 10.1. The number of benzene rings is 1. The summed E-state index contributed by atoms with van der Waals surface area (Å²) in [4.78, 5) is 21.4. The molecule has 0 bridgehead atoms. The van der Waals surface area contributed by atoms with Crippen molar-refractivity contribution < 1.29 is 32.3 Å². The van der Waals surface area contributed by atoms with Crippen LogP contribution in [0.5, 0.6) is 0 Å². The summed E-state index contributed by atoms with van der Waals surface area (Å²) in [6.45, 7) is 0. The first-order valence-electron chi connectivity index (χ1n) is 5.52. The van der Waals surface area contributed by atoms with Gasteiger partial charge in [-0.15, -0.1) is 0 Å². The minimum Gasteiger partial charge on any atom is -0.481 e. The topological polar surface area (TPSA) is 66.4 Å². The van der Waals surface area contributed by atoms with E-state index in [-0.39, 0.29) is 6.42 Å². The monoisotopic (exact) mass is 293 g/mol. The van der Waals surface area contributed by atoms with Crippen LogP contribution in [0.1, 0.15) is 12.0 Å². The number of nitrogens with one attached hydrogen (secondary N) is 1. The highest BCUT2D eigenvalue weighted by atomic mass is 19.4. The fraction of sp³-hybridized carbons (Fsp3) is 0.333. The number of carbonyl (C=O) groups is 2. The number of halogens is 4. The van der Waals surface area contributed by atoms with Gasteiger partial charge in [-0.1, -0.05) is 12.1 Å². The van der Waals surface area contributed by atoms with Gasteiger partial charge in [-0.25, -0.2) is 4.39 Å². The third-order valence-electron chi connectivity index (χ3n) is 2.41. The quantitative estimate of drug-likeness (QED) is 0.815. The molecule has 0 aliphatic heterocycles. The summed E-state index contributed by atoms with van der Waals surface area (Å²) in [6.07, 6.45) is -5.90. The lowest BCUT2D eigenvalue weighted by Crippen LogP contribution is -2.45. The van der Waals surface area contributed by atoms with Crippen LogP contribution in [0.2, 0.25) is 0 Å². The molecule has 0 saturated carbocycles. The molecule has 1 aromatic rings. The number of carboxylic acids is 1. The van der Waals surface area contributed by atoms with E-state index in [9.17, 15) is 27.2 Å². The van der Waals surface area contributed by atoms with Gasteiger partial charge in [0, 0.05) is 6.04 Å². The normalized spacial score (nSPS) is 12.8. The fourth-order valence-electron chi connectivity index (χ4n) is 1.56. The lowest BCUT2D eigenvalue weighted by molar-refractivity contribution is -0.174. The van der Waals surface area contributed by atoms with Gasteiger partial charge in [-0.3, -0.25) is 9.59 Å². The molecule has 1 aromatic carbocycles. The summed E-state index contributed by atoms with van der Waals surface area (Å²) in [5, 5.41) is 10.2. The van der Waals surface area contributed by atoms with Crippen LogP contribution in [-0.2, 0) is 16.0 Å². The zero-order chi connectivity index (χ0) is 15.3. The van der Waals surface area contributed by atoms with Gasteiger partial charge in [-0.2, -0.15) is 13.2 Å². The molecule has 20 heavy (non-hydrogen) atoms. The number of hydrogen-bond acceptors (Lipinski definition) is 2. The largest absolute Gasteiger partial charge is 0.481 e. The highest BCUT2D eigenvalue weighted by Crippen LogP contribution is 2.16. The predicted octanol–water partition coefficient (Wildman–Crippen LogP) is 1.89. The van der Waals surface area contributed by atoms with Crippen molar-refractivity contribution in [3.8, 4) is 0 Å². The maximum absolute atomic E-state index is 12.7. The Morgan fingerprint density at radius 1 is 1.20 bits per heavy atom. The molecule has 0 radical (unpaired) electrons. The van der Waals surface area contributed by atoms with E-state index in [0.717, 1.165) is 12.1 Å². The Balaban J connectivity index is 2.76. The average molecular weight is 293 g/mol. The predicted molar refractivity (Wildman–Crippen MR) is 60.3 cm³/mol. The van der Waals surface area contributed by atoms with Gasteiger partial charge in [-0.05, 0) is 24.1 Å². The molecule has 0 saturated heterocycles. The van der Waals surface area contributed by atoms with E-state index in [1.54, 1.807) is 5.32 Å². The van der Waals surface area contributed by atoms with Crippen molar-refractivity contribution in [1.29, 1.82) is 0 Å². The van der Waals surface area contributed by atoms with Crippen molar-refractivity contribution in [3.63, 3.8) is 0 Å². The molecule has 110 valence electrons. The lowest BCUT2D eigenvalue weighted by Gasteiger charge is -2.18. The second-order valence-electron chi connectivity index (χ2n) is 4.10. The molecular formula is C12H11F4NO3. The highest BCUT2D eigenvalue weighted by molar-refractivity contribution is 5.82. The average Bonchev–Trinajstić information content (AvgIpc) is 2.30. The molecule has 1 atom stereocenters. The summed E-state index contributed by atoms with van der Waals surface area (Å²) in [7, 11) is 0. The summed E-state index contributed by atoms with van der Waals surface area (Å²) < 4.78 is 49.1. The minimum atomic E-state index is -5.08. The second-order valence-corrected chi connectivity index (χ2v) is 4.10. The molecule has 0 spiro atoms. The first-order chi connectivity index (χ1) is 9.18. The van der Waals surface area contributed by atoms with E-state index in [2.05, 4.69) is 0 Å². The van der Waals surface area contributed by atoms with Crippen molar-refractivity contribution in [2.24, 2.45) is 0 Å². The molecule has 0 unspecified atom stereocenters. The van der Waals surface area contributed by atoms with Gasteiger partial charge in [0.05, 0.1) is 6.42 Å². The third-order valence-corrected chi connectivity index (χ3v) is 2.41. The molecule has 1 rings (SSSR count). The minimum absolute atomic E-state index is 0.144. The number of aliphatic carboxylic acids is 1. The van der Waals surface area contributed by atoms with E-state index in [1.165, 1.54) is 12.1 Å². The maximum Gasteiger partial charge on any atom is 0.471 e. The molecule has 0 fully saturated rings. The Labute approximate surface area is 111 Å². The van der Waals surface area contributed by atoms with E-state index in [4.69, 9.17) is 5.11 Å². The van der Waals surface area contributed by atoms with Crippen molar-refractivity contribution in [3.05, 3.63) is 35.6 Å². The van der Waals surface area contributed by atoms with Crippen LogP contribution in [0.15, 0.2) is 24.3 Å². The van der Waals surface area contributed by atoms with Gasteiger partial charge >= 0.3 is 18.1 Å². The maximum atomic E-state index is 12.7. The number of carbonyl (C=O) groups excluding carboxylic acids is 1. The van der Waals surface area contributed by atoms with Crippen LogP contribution in [0.3, 0.4) is 0 Å². The summed E-state index contributed by atoms with van der Waals surface area (Å²) in [6, 6.07) is 3.58. The van der Waals surface area contributed by atoms with Crippen molar-refractivity contribution in [2.75, 3.05) is 0 Å². The first kappa shape index (κ1) is 15.9. The van der Waals surface area contributed by atoms with Crippen LogP contribution >= 0.6 is 0 Å². The van der Waals surface area contributed by atoms with E-state index in [0.29, 0.717) is 5.56 Å². The van der Waals surface area contributed by atoms with E-state index < -0.39 is 36.3 Å². The van der Waals surface area contributed by atoms with Crippen LogP contribution < -0.4 is 5.32 Å². The van der Waals surface area contributed by atoms with Crippen molar-refractivity contribution in [1.82, 2.24) is 5.32 Å². The number of alkyl halides is 3. The van der Waals surface area contributed by atoms with Gasteiger partial charge < -0.3 is 10.4 Å². The first-order valence-corrected chi connectivity index (χ1v) is 5.52. The summed E-state index contributed by atoms with van der Waals surface area (Å²) in [5.74, 6) is -4.08. The Bertz CT molecular complexity index is 484. The van der Waals surface area contributed by atoms with E-state index in [1.807, 2.05) is 0 Å². The van der Waals surface area contributed by atoms with Crippen LogP contribution in [0.25, 0.3) is 0 Å². The Hall–Kier alpha value is -2.12. The fourth-order valence-corrected chi connectivity index (χ4v) is 1.56. The summed E-state index contributed by atoms with van der Waals surface area (Å²) >= 11 is 0. The summed E-state index contributed by atoms with van der Waals surface area (Å²) in [5.41, 5.74) is 0.417. The van der Waals surface area contributed by atoms with Crippen LogP contribution in [-0.4, -0.2) is 29.2 Å². The standard InChI is InChI=1S/C12H11F4NO3/c13-8-3-1-7(2-4-8)5-9(6-10(18)19)17-11(20)12(14,15)16/h1-4,9H,5-6H2,(H,17,20)(H,18,19)/t9-/m0/s1. The molecule has 4 nitrogen and oxygen atoms in total. The van der Waals surface area contributed by atoms with Crippen molar-refractivity contribution in [2.45, 2.75) is 25.1 Å². The molecule has 0 aliphatic rings. The molecule has 1 amide bonds. The molecule has 0 aromatic heterocycles. The molecule has 2 N–H and O–H groups in total. The van der Waals surface area contributed by atoms with Gasteiger partial charge in [0.25, 0.3) is 0 Å². The second kappa shape index (κ2) is 6.36.